The molecular formula is C25H34N2O3. The lowest BCUT2D eigenvalue weighted by Crippen LogP contribution is -2.49. The predicted molar refractivity (Wildman–Crippen MR) is 119 cm³/mol. The number of likely N-dealkylation sites (tertiary alicyclic amines) is 1. The molecule has 0 amide bonds. The molecule has 0 atom stereocenters. The molecule has 1 N–H and O–H groups in total. The van der Waals surface area contributed by atoms with Crippen LogP contribution >= 0.6 is 0 Å². The van der Waals surface area contributed by atoms with Gasteiger partial charge in [-0.25, -0.2) is 0 Å². The van der Waals surface area contributed by atoms with Gasteiger partial charge >= 0.3 is 5.97 Å². The largest absolute Gasteiger partial charge is 0.490 e. The minimum Gasteiger partial charge on any atom is -0.490 e. The number of hydrogen-bond donors (Lipinski definition) is 1. The molecule has 1 aromatic carbocycles. The fraction of sp³-hybridized carbons (Fsp3) is 0.600. The summed E-state index contributed by atoms with van der Waals surface area (Å²) in [4.78, 5) is 17.8. The van der Waals surface area contributed by atoms with Crippen LogP contribution in [0.25, 0.3) is 10.9 Å². The van der Waals surface area contributed by atoms with Gasteiger partial charge in [0.2, 0.25) is 0 Å². The zero-order valence-corrected chi connectivity index (χ0v) is 18.4. The number of rotatable bonds is 7. The van der Waals surface area contributed by atoms with Crippen LogP contribution < -0.4 is 4.74 Å². The van der Waals surface area contributed by atoms with Gasteiger partial charge in [0.25, 0.3) is 0 Å². The van der Waals surface area contributed by atoms with Gasteiger partial charge in [-0.15, -0.1) is 0 Å². The third-order valence-electron chi connectivity index (χ3n) is 7.40. The molecule has 1 aliphatic heterocycles. The van der Waals surface area contributed by atoms with Crippen LogP contribution in [0.5, 0.6) is 5.75 Å². The van der Waals surface area contributed by atoms with Crippen molar-refractivity contribution in [1.29, 1.82) is 0 Å². The topological polar surface area (TPSA) is 62.7 Å². The summed E-state index contributed by atoms with van der Waals surface area (Å²) < 4.78 is 6.32. The first-order chi connectivity index (χ1) is 14.3. The fourth-order valence-electron chi connectivity index (χ4n) is 4.83. The quantitative estimate of drug-likeness (QED) is 0.686. The Morgan fingerprint density at radius 1 is 1.17 bits per heavy atom. The van der Waals surface area contributed by atoms with E-state index in [1.165, 1.54) is 19.3 Å². The molecule has 2 aromatic rings. The summed E-state index contributed by atoms with van der Waals surface area (Å²) in [6, 6.07) is 10.3. The lowest BCUT2D eigenvalue weighted by Gasteiger charge is -2.38. The Balaban J connectivity index is 1.34. The summed E-state index contributed by atoms with van der Waals surface area (Å²) in [5, 5.41) is 10.1. The van der Waals surface area contributed by atoms with Crippen molar-refractivity contribution in [3.8, 4) is 5.75 Å². The zero-order valence-electron chi connectivity index (χ0n) is 18.4. The Bertz CT molecular complexity index is 896. The molecule has 0 bridgehead atoms. The van der Waals surface area contributed by atoms with Gasteiger partial charge < -0.3 is 9.84 Å². The molecule has 162 valence electrons. The van der Waals surface area contributed by atoms with E-state index in [1.54, 1.807) is 0 Å². The molecule has 2 fully saturated rings. The average Bonchev–Trinajstić information content (AvgIpc) is 2.70. The molecule has 0 radical (unpaired) electrons. The molecule has 5 heteroatoms. The molecule has 2 aliphatic rings. The number of carbonyl (C=O) groups is 1. The van der Waals surface area contributed by atoms with E-state index in [0.717, 1.165) is 41.1 Å². The maximum atomic E-state index is 10.9. The van der Waals surface area contributed by atoms with Crippen molar-refractivity contribution in [2.24, 2.45) is 17.3 Å². The summed E-state index contributed by atoms with van der Waals surface area (Å²) >= 11 is 0. The summed E-state index contributed by atoms with van der Waals surface area (Å²) in [7, 11) is 0. The molecular weight excluding hydrogens is 376 g/mol. The van der Waals surface area contributed by atoms with Crippen LogP contribution in [-0.4, -0.2) is 40.2 Å². The number of aromatic nitrogens is 1. The number of carboxylic acids is 1. The normalized spacial score (nSPS) is 23.3. The first-order valence-electron chi connectivity index (χ1n) is 11.4. The molecule has 0 unspecified atom stereocenters. The summed E-state index contributed by atoms with van der Waals surface area (Å²) in [6.45, 7) is 9.02. The van der Waals surface area contributed by atoms with Gasteiger partial charge in [0.15, 0.2) is 0 Å². The number of nitrogens with zero attached hydrogens (tertiary/aromatic N) is 2. The van der Waals surface area contributed by atoms with Crippen LogP contribution in [0.4, 0.5) is 0 Å². The number of hydrogen-bond acceptors (Lipinski definition) is 4. The minimum absolute atomic E-state index is 0.228. The standard InChI is InChI=1S/C25H34N2O3/c1-4-25(2,3)19-6-9-21(10-7-19)30-22-11-12-23-17(13-22)5-8-20(26-23)16-27-14-18(15-27)24(28)29/h5,8,11-13,18-19,21H,4,6-7,9-10,14-16H2,1-3H3,(H,28,29). The highest BCUT2D eigenvalue weighted by atomic mass is 16.5. The lowest BCUT2D eigenvalue weighted by atomic mass is 9.69. The molecule has 1 aromatic heterocycles. The lowest BCUT2D eigenvalue weighted by molar-refractivity contribution is -0.147. The van der Waals surface area contributed by atoms with Crippen LogP contribution in [0.2, 0.25) is 0 Å². The summed E-state index contributed by atoms with van der Waals surface area (Å²) in [5.41, 5.74) is 2.38. The van der Waals surface area contributed by atoms with E-state index in [4.69, 9.17) is 14.8 Å². The molecule has 0 spiro atoms. The molecule has 30 heavy (non-hydrogen) atoms. The highest BCUT2D eigenvalue weighted by molar-refractivity contribution is 5.80. The van der Waals surface area contributed by atoms with Crippen molar-refractivity contribution < 1.29 is 14.6 Å². The number of fused-ring (bicyclic) bond motifs is 1. The van der Waals surface area contributed by atoms with Gasteiger partial charge in [0.05, 0.1) is 23.2 Å². The summed E-state index contributed by atoms with van der Waals surface area (Å²) in [6.07, 6.45) is 6.33. The second-order valence-electron chi connectivity index (χ2n) is 9.82. The average molecular weight is 411 g/mol. The Labute approximate surface area is 179 Å². The van der Waals surface area contributed by atoms with E-state index >= 15 is 0 Å². The van der Waals surface area contributed by atoms with Crippen molar-refractivity contribution in [1.82, 2.24) is 9.88 Å². The van der Waals surface area contributed by atoms with E-state index in [-0.39, 0.29) is 5.92 Å². The van der Waals surface area contributed by atoms with Crippen LogP contribution in [0.1, 0.15) is 58.6 Å². The van der Waals surface area contributed by atoms with Crippen molar-refractivity contribution in [3.63, 3.8) is 0 Å². The predicted octanol–water partition coefficient (Wildman–Crippen LogP) is 5.13. The maximum absolute atomic E-state index is 10.9. The molecule has 5 nitrogen and oxygen atoms in total. The van der Waals surface area contributed by atoms with E-state index in [2.05, 4.69) is 37.8 Å². The second-order valence-corrected chi connectivity index (χ2v) is 9.82. The molecule has 1 saturated carbocycles. The van der Waals surface area contributed by atoms with Crippen LogP contribution in [0.15, 0.2) is 30.3 Å². The van der Waals surface area contributed by atoms with E-state index in [1.807, 2.05) is 18.2 Å². The van der Waals surface area contributed by atoms with Gasteiger partial charge in [-0.3, -0.25) is 14.7 Å². The number of carboxylic acid groups (broad SMARTS) is 1. The highest BCUT2D eigenvalue weighted by Crippen LogP contribution is 2.41. The first-order valence-corrected chi connectivity index (χ1v) is 11.4. The number of benzene rings is 1. The van der Waals surface area contributed by atoms with Crippen molar-refractivity contribution in [3.05, 3.63) is 36.0 Å². The van der Waals surface area contributed by atoms with Crippen LogP contribution in [0, 0.1) is 17.3 Å². The van der Waals surface area contributed by atoms with Gasteiger partial charge in [-0.1, -0.05) is 33.3 Å². The number of pyridine rings is 1. The van der Waals surface area contributed by atoms with E-state index in [0.29, 0.717) is 31.2 Å². The first kappa shape index (κ1) is 21.1. The van der Waals surface area contributed by atoms with Crippen LogP contribution in [0.3, 0.4) is 0 Å². The molecule has 2 heterocycles. The van der Waals surface area contributed by atoms with Gasteiger partial charge in [-0.2, -0.15) is 0 Å². The molecule has 4 rings (SSSR count). The monoisotopic (exact) mass is 410 g/mol. The van der Waals surface area contributed by atoms with Crippen molar-refractivity contribution in [2.75, 3.05) is 13.1 Å². The number of ether oxygens (including phenoxy) is 1. The molecule has 1 aliphatic carbocycles. The SMILES string of the molecule is CCC(C)(C)C1CCC(Oc2ccc3nc(CN4CC(C(=O)O)C4)ccc3c2)CC1. The Hall–Kier alpha value is -2.14. The minimum atomic E-state index is -0.701. The highest BCUT2D eigenvalue weighted by Gasteiger charge is 2.33. The van der Waals surface area contributed by atoms with E-state index in [9.17, 15) is 4.79 Å². The van der Waals surface area contributed by atoms with Crippen molar-refractivity contribution >= 4 is 16.9 Å². The maximum Gasteiger partial charge on any atom is 0.309 e. The Kier molecular flexibility index (Phi) is 6.01. The third-order valence-corrected chi connectivity index (χ3v) is 7.40. The van der Waals surface area contributed by atoms with Crippen LogP contribution in [-0.2, 0) is 11.3 Å². The third kappa shape index (κ3) is 4.61. The zero-order chi connectivity index (χ0) is 21.3. The van der Waals surface area contributed by atoms with E-state index < -0.39 is 5.97 Å². The fourth-order valence-corrected chi connectivity index (χ4v) is 4.83. The summed E-state index contributed by atoms with van der Waals surface area (Å²) in [5.74, 6) is 0.808. The van der Waals surface area contributed by atoms with Gasteiger partial charge in [-0.05, 0) is 61.3 Å². The molecule has 1 saturated heterocycles. The second kappa shape index (κ2) is 8.54. The van der Waals surface area contributed by atoms with Crippen molar-refractivity contribution in [2.45, 2.75) is 65.5 Å². The Morgan fingerprint density at radius 2 is 1.90 bits per heavy atom. The number of aliphatic carboxylic acids is 1. The Morgan fingerprint density at radius 3 is 2.57 bits per heavy atom. The van der Waals surface area contributed by atoms with Gasteiger partial charge in [0, 0.05) is 25.0 Å². The smallest absolute Gasteiger partial charge is 0.309 e. The van der Waals surface area contributed by atoms with Gasteiger partial charge in [0.1, 0.15) is 5.75 Å².